The summed E-state index contributed by atoms with van der Waals surface area (Å²) >= 11 is 0. The lowest BCUT2D eigenvalue weighted by atomic mass is 9.92. The largest absolute Gasteiger partial charge is 0.466 e. The maximum absolute atomic E-state index is 14.3. The van der Waals surface area contributed by atoms with Crippen LogP contribution in [-0.2, 0) is 4.79 Å². The predicted molar refractivity (Wildman–Crippen MR) is 106 cm³/mol. The quantitative estimate of drug-likeness (QED) is 0.707. The van der Waals surface area contributed by atoms with Gasteiger partial charge in [0, 0.05) is 12.1 Å². The molecule has 146 valence electrons. The van der Waals surface area contributed by atoms with Gasteiger partial charge in [-0.05, 0) is 41.8 Å². The summed E-state index contributed by atoms with van der Waals surface area (Å²) in [6, 6.07) is 13.6. The van der Waals surface area contributed by atoms with E-state index in [0.29, 0.717) is 29.2 Å². The molecule has 0 saturated heterocycles. The van der Waals surface area contributed by atoms with E-state index in [0.717, 1.165) is 0 Å². The molecule has 0 aliphatic carbocycles. The van der Waals surface area contributed by atoms with E-state index in [2.05, 4.69) is 15.4 Å². The van der Waals surface area contributed by atoms with Crippen molar-refractivity contribution in [1.82, 2.24) is 14.8 Å². The van der Waals surface area contributed by atoms with Crippen molar-refractivity contribution < 1.29 is 13.9 Å². The summed E-state index contributed by atoms with van der Waals surface area (Å²) in [5.41, 5.74) is 1.58. The molecule has 2 aromatic carbocycles. The van der Waals surface area contributed by atoms with Crippen molar-refractivity contribution in [2.24, 2.45) is 5.41 Å². The number of hydrogen-bond donors (Lipinski definition) is 1. The Morgan fingerprint density at radius 1 is 1.14 bits per heavy atom. The summed E-state index contributed by atoms with van der Waals surface area (Å²) in [6.07, 6.45) is 0.423. The number of carbonyl (C=O) groups is 1. The Morgan fingerprint density at radius 3 is 2.43 bits per heavy atom. The predicted octanol–water partition coefficient (Wildman–Crippen LogP) is 4.46. The number of aromatic nitrogens is 3. The van der Waals surface area contributed by atoms with Crippen LogP contribution in [0.5, 0.6) is 6.01 Å². The molecule has 1 N–H and O–H groups in total. The summed E-state index contributed by atoms with van der Waals surface area (Å²) in [4.78, 5) is 16.4. The molecule has 0 bridgehead atoms. The van der Waals surface area contributed by atoms with Gasteiger partial charge in [0.05, 0.1) is 18.4 Å². The highest BCUT2D eigenvalue weighted by Gasteiger charge is 2.18. The van der Waals surface area contributed by atoms with Gasteiger partial charge in [0.2, 0.25) is 5.91 Å². The molecule has 0 atom stereocenters. The first-order valence-corrected chi connectivity index (χ1v) is 8.93. The average Bonchev–Trinajstić information content (AvgIpc) is 3.05. The van der Waals surface area contributed by atoms with Gasteiger partial charge in [-0.25, -0.2) is 9.07 Å². The zero-order chi connectivity index (χ0) is 20.3. The number of hydrogen-bond acceptors (Lipinski definition) is 4. The minimum absolute atomic E-state index is 0.0466. The molecular weight excluding hydrogens is 359 g/mol. The first-order valence-electron chi connectivity index (χ1n) is 8.93. The number of anilines is 1. The number of rotatable bonds is 5. The zero-order valence-corrected chi connectivity index (χ0v) is 16.4. The second-order valence-corrected chi connectivity index (χ2v) is 7.65. The van der Waals surface area contributed by atoms with Crippen LogP contribution in [0.15, 0.2) is 48.5 Å². The third kappa shape index (κ3) is 4.54. The molecule has 0 fully saturated rings. The van der Waals surface area contributed by atoms with Crippen molar-refractivity contribution in [2.45, 2.75) is 27.2 Å². The lowest BCUT2D eigenvalue weighted by molar-refractivity contribution is -0.117. The second-order valence-electron chi connectivity index (χ2n) is 7.65. The third-order valence-electron chi connectivity index (χ3n) is 3.97. The van der Waals surface area contributed by atoms with Crippen LogP contribution < -0.4 is 10.1 Å². The molecule has 1 amide bonds. The highest BCUT2D eigenvalue weighted by atomic mass is 19.1. The Kier molecular flexibility index (Phi) is 5.44. The van der Waals surface area contributed by atoms with E-state index in [1.807, 2.05) is 20.8 Å². The third-order valence-corrected chi connectivity index (χ3v) is 3.97. The van der Waals surface area contributed by atoms with E-state index in [1.54, 1.807) is 42.5 Å². The maximum Gasteiger partial charge on any atom is 0.336 e. The molecule has 1 aromatic heterocycles. The number of benzene rings is 2. The average molecular weight is 382 g/mol. The normalized spacial score (nSPS) is 11.3. The van der Waals surface area contributed by atoms with Crippen LogP contribution in [0, 0.1) is 11.2 Å². The lowest BCUT2D eigenvalue weighted by Crippen LogP contribution is -2.19. The number of nitrogens with zero attached hydrogens (tertiary/aromatic N) is 3. The topological polar surface area (TPSA) is 69.0 Å². The van der Waals surface area contributed by atoms with Gasteiger partial charge in [0.15, 0.2) is 5.82 Å². The summed E-state index contributed by atoms with van der Waals surface area (Å²) in [7, 11) is 1.46. The molecule has 0 spiro atoms. The standard InChI is InChI=1S/C21H23FN4O2/c1-21(2,3)13-18(27)23-14-9-11-15(12-10-14)26-19(24-20(25-26)28-4)16-7-5-6-8-17(16)22/h5-12H,13H2,1-4H3,(H,23,27). The highest BCUT2D eigenvalue weighted by molar-refractivity contribution is 5.91. The lowest BCUT2D eigenvalue weighted by Gasteiger charge is -2.17. The van der Waals surface area contributed by atoms with Crippen molar-refractivity contribution in [3.8, 4) is 23.1 Å². The smallest absolute Gasteiger partial charge is 0.336 e. The molecule has 0 aliphatic rings. The highest BCUT2D eigenvalue weighted by Crippen LogP contribution is 2.26. The van der Waals surface area contributed by atoms with Crippen molar-refractivity contribution in [1.29, 1.82) is 0 Å². The van der Waals surface area contributed by atoms with Gasteiger partial charge in [-0.15, -0.1) is 5.10 Å². The maximum atomic E-state index is 14.3. The van der Waals surface area contributed by atoms with Gasteiger partial charge in [0.1, 0.15) is 5.82 Å². The minimum Gasteiger partial charge on any atom is -0.466 e. The SMILES string of the molecule is COc1nc(-c2ccccc2F)n(-c2ccc(NC(=O)CC(C)(C)C)cc2)n1. The number of halogens is 1. The van der Waals surface area contributed by atoms with Crippen molar-refractivity contribution in [3.05, 3.63) is 54.3 Å². The van der Waals surface area contributed by atoms with Gasteiger partial charge in [-0.3, -0.25) is 4.79 Å². The molecule has 0 aliphatic heterocycles. The van der Waals surface area contributed by atoms with Crippen molar-refractivity contribution >= 4 is 11.6 Å². The van der Waals surface area contributed by atoms with Crippen LogP contribution in [0.25, 0.3) is 17.1 Å². The Bertz CT molecular complexity index is 975. The summed E-state index contributed by atoms with van der Waals surface area (Å²) in [5.74, 6) is -0.112. The van der Waals surface area contributed by atoms with Crippen molar-refractivity contribution in [3.63, 3.8) is 0 Å². The van der Waals surface area contributed by atoms with Gasteiger partial charge in [0.25, 0.3) is 0 Å². The van der Waals surface area contributed by atoms with E-state index in [1.165, 1.54) is 17.9 Å². The van der Waals surface area contributed by atoms with Gasteiger partial charge in [-0.2, -0.15) is 4.98 Å². The van der Waals surface area contributed by atoms with Gasteiger partial charge < -0.3 is 10.1 Å². The minimum atomic E-state index is -0.398. The Balaban J connectivity index is 1.89. The number of methoxy groups -OCH3 is 1. The van der Waals surface area contributed by atoms with E-state index >= 15 is 0 Å². The van der Waals surface area contributed by atoms with Crippen LogP contribution in [-0.4, -0.2) is 27.8 Å². The molecule has 3 rings (SSSR count). The molecule has 7 heteroatoms. The van der Waals surface area contributed by atoms with E-state index in [4.69, 9.17) is 4.74 Å². The number of carbonyl (C=O) groups excluding carboxylic acids is 1. The van der Waals surface area contributed by atoms with Crippen LogP contribution >= 0.6 is 0 Å². The molecule has 28 heavy (non-hydrogen) atoms. The van der Waals surface area contributed by atoms with Crippen LogP contribution in [0.2, 0.25) is 0 Å². The van der Waals surface area contributed by atoms with Gasteiger partial charge >= 0.3 is 6.01 Å². The Hall–Kier alpha value is -3.22. The molecule has 0 unspecified atom stereocenters. The molecule has 6 nitrogen and oxygen atoms in total. The summed E-state index contributed by atoms with van der Waals surface area (Å²) in [6.45, 7) is 6.04. The van der Waals surface area contributed by atoms with E-state index in [-0.39, 0.29) is 17.3 Å². The molecule has 0 saturated carbocycles. The zero-order valence-electron chi connectivity index (χ0n) is 16.4. The van der Waals surface area contributed by atoms with Gasteiger partial charge in [-0.1, -0.05) is 32.9 Å². The molecule has 3 aromatic rings. The monoisotopic (exact) mass is 382 g/mol. The summed E-state index contributed by atoms with van der Waals surface area (Å²) in [5, 5.41) is 7.16. The summed E-state index contributed by atoms with van der Waals surface area (Å²) < 4.78 is 20.9. The van der Waals surface area contributed by atoms with Crippen LogP contribution in [0.4, 0.5) is 10.1 Å². The number of nitrogens with one attached hydrogen (secondary N) is 1. The van der Waals surface area contributed by atoms with Crippen LogP contribution in [0.3, 0.4) is 0 Å². The van der Waals surface area contributed by atoms with Crippen molar-refractivity contribution in [2.75, 3.05) is 12.4 Å². The van der Waals surface area contributed by atoms with E-state index in [9.17, 15) is 9.18 Å². The fourth-order valence-corrected chi connectivity index (χ4v) is 2.75. The molecular formula is C21H23FN4O2. The number of ether oxygens (including phenoxy) is 1. The molecule has 1 heterocycles. The first-order chi connectivity index (χ1) is 13.3. The Morgan fingerprint density at radius 2 is 1.82 bits per heavy atom. The second kappa shape index (κ2) is 7.80. The first kappa shape index (κ1) is 19.5. The molecule has 0 radical (unpaired) electrons. The number of amides is 1. The van der Waals surface area contributed by atoms with E-state index < -0.39 is 5.82 Å². The fourth-order valence-electron chi connectivity index (χ4n) is 2.75. The Labute approximate surface area is 163 Å². The van der Waals surface area contributed by atoms with Crippen LogP contribution in [0.1, 0.15) is 27.2 Å². The fraction of sp³-hybridized carbons (Fsp3) is 0.286.